The van der Waals surface area contributed by atoms with Crippen LogP contribution in [0.3, 0.4) is 0 Å². The number of likely N-dealkylation sites (tertiary alicyclic amines) is 1. The first kappa shape index (κ1) is 16.3. The summed E-state index contributed by atoms with van der Waals surface area (Å²) in [7, 11) is 1.95. The summed E-state index contributed by atoms with van der Waals surface area (Å²) in [4.78, 5) is 20.2. The van der Waals surface area contributed by atoms with Crippen LogP contribution >= 0.6 is 0 Å². The van der Waals surface area contributed by atoms with Gasteiger partial charge >= 0.3 is 0 Å². The summed E-state index contributed by atoms with van der Waals surface area (Å²) in [6, 6.07) is 4.18. The van der Waals surface area contributed by atoms with Crippen molar-refractivity contribution >= 4 is 0 Å². The van der Waals surface area contributed by atoms with Crippen molar-refractivity contribution in [1.29, 1.82) is 0 Å². The molecule has 1 saturated carbocycles. The van der Waals surface area contributed by atoms with Crippen LogP contribution in [0.25, 0.3) is 11.4 Å². The van der Waals surface area contributed by atoms with Crippen LogP contribution in [0, 0.1) is 11.8 Å². The summed E-state index contributed by atoms with van der Waals surface area (Å²) in [6.07, 6.45) is 10.5. The van der Waals surface area contributed by atoms with Crippen LogP contribution in [-0.4, -0.2) is 38.7 Å². The normalized spacial score (nSPS) is 26.2. The van der Waals surface area contributed by atoms with E-state index in [1.165, 1.54) is 44.3 Å². The third-order valence-electron chi connectivity index (χ3n) is 6.73. The maximum atomic E-state index is 13.2. The van der Waals surface area contributed by atoms with Gasteiger partial charge in [-0.15, -0.1) is 0 Å². The Balaban J connectivity index is 1.43. The average molecular weight is 352 g/mol. The lowest BCUT2D eigenvalue weighted by molar-refractivity contribution is 0.105. The molecule has 2 fully saturated rings. The second-order valence-electron chi connectivity index (χ2n) is 8.62. The van der Waals surface area contributed by atoms with Crippen LogP contribution in [0.1, 0.15) is 43.7 Å². The number of nitrogens with zero attached hydrogens (tertiary/aromatic N) is 4. The number of imidazole rings is 1. The second kappa shape index (κ2) is 6.38. The van der Waals surface area contributed by atoms with Gasteiger partial charge < -0.3 is 14.0 Å². The van der Waals surface area contributed by atoms with Crippen molar-refractivity contribution in [3.63, 3.8) is 0 Å². The summed E-state index contributed by atoms with van der Waals surface area (Å²) in [5.74, 6) is 2.79. The molecule has 2 bridgehead atoms. The molecule has 138 valence electrons. The number of hydrogen-bond acceptors (Lipinski definition) is 3. The summed E-state index contributed by atoms with van der Waals surface area (Å²) in [6.45, 7) is 4.41. The Morgan fingerprint density at radius 2 is 2.00 bits per heavy atom. The Bertz CT molecular complexity index is 861. The van der Waals surface area contributed by atoms with E-state index in [4.69, 9.17) is 0 Å². The highest BCUT2D eigenvalue weighted by atomic mass is 16.1. The predicted molar refractivity (Wildman–Crippen MR) is 102 cm³/mol. The van der Waals surface area contributed by atoms with Gasteiger partial charge in [0.2, 0.25) is 0 Å². The smallest absolute Gasteiger partial charge is 0.261 e. The minimum atomic E-state index is 0.135. The topological polar surface area (TPSA) is 43.1 Å². The van der Waals surface area contributed by atoms with E-state index in [-0.39, 0.29) is 5.56 Å². The van der Waals surface area contributed by atoms with Gasteiger partial charge in [-0.2, -0.15) is 0 Å². The first-order valence-electron chi connectivity index (χ1n) is 10.1. The highest BCUT2D eigenvalue weighted by Gasteiger charge is 2.36. The summed E-state index contributed by atoms with van der Waals surface area (Å²) in [5, 5.41) is 0. The van der Waals surface area contributed by atoms with Crippen LogP contribution in [0.15, 0.2) is 29.3 Å². The minimum Gasteiger partial charge on any atom is -0.334 e. The molecule has 5 heteroatoms. The zero-order valence-corrected chi connectivity index (χ0v) is 15.6. The van der Waals surface area contributed by atoms with E-state index in [1.54, 1.807) is 6.20 Å². The average Bonchev–Trinajstić information content (AvgIpc) is 3.28. The van der Waals surface area contributed by atoms with E-state index in [9.17, 15) is 4.79 Å². The highest BCUT2D eigenvalue weighted by molar-refractivity contribution is 5.54. The molecule has 5 rings (SSSR count). The zero-order valence-electron chi connectivity index (χ0n) is 15.6. The molecule has 1 aliphatic carbocycles. The Labute approximate surface area is 154 Å². The lowest BCUT2D eigenvalue weighted by Gasteiger charge is -2.43. The molecule has 2 aliphatic heterocycles. The van der Waals surface area contributed by atoms with Crippen LogP contribution < -0.4 is 5.56 Å². The lowest BCUT2D eigenvalue weighted by atomic mass is 9.82. The number of aryl methyl sites for hydroxylation is 1. The van der Waals surface area contributed by atoms with Gasteiger partial charge in [0.25, 0.3) is 5.56 Å². The third-order valence-corrected chi connectivity index (χ3v) is 6.73. The monoisotopic (exact) mass is 352 g/mol. The first-order valence-corrected chi connectivity index (χ1v) is 10.1. The quantitative estimate of drug-likeness (QED) is 0.853. The van der Waals surface area contributed by atoms with E-state index in [1.807, 2.05) is 23.9 Å². The number of hydrogen-bond donors (Lipinski definition) is 0. The molecule has 0 radical (unpaired) electrons. The summed E-state index contributed by atoms with van der Waals surface area (Å²) in [5.41, 5.74) is 2.10. The van der Waals surface area contributed by atoms with Crippen molar-refractivity contribution in [3.05, 3.63) is 40.6 Å². The van der Waals surface area contributed by atoms with Gasteiger partial charge in [-0.3, -0.25) is 4.79 Å². The molecule has 1 saturated heterocycles. The molecule has 0 aromatic carbocycles. The largest absolute Gasteiger partial charge is 0.334 e. The Morgan fingerprint density at radius 1 is 1.15 bits per heavy atom. The maximum Gasteiger partial charge on any atom is 0.261 e. The zero-order chi connectivity index (χ0) is 17.7. The van der Waals surface area contributed by atoms with Crippen molar-refractivity contribution in [2.24, 2.45) is 18.9 Å². The third kappa shape index (κ3) is 2.73. The van der Waals surface area contributed by atoms with Crippen molar-refractivity contribution < 1.29 is 0 Å². The van der Waals surface area contributed by atoms with E-state index in [0.29, 0.717) is 11.8 Å². The van der Waals surface area contributed by atoms with Gasteiger partial charge in [0.05, 0.1) is 5.56 Å². The lowest BCUT2D eigenvalue weighted by Crippen LogP contribution is -2.48. The van der Waals surface area contributed by atoms with Crippen LogP contribution in [0.4, 0.5) is 0 Å². The van der Waals surface area contributed by atoms with Crippen molar-refractivity contribution in [3.8, 4) is 11.4 Å². The molecule has 2 aromatic rings. The first-order chi connectivity index (χ1) is 12.7. The molecule has 0 unspecified atom stereocenters. The molecule has 4 heterocycles. The van der Waals surface area contributed by atoms with Gasteiger partial charge in [0.1, 0.15) is 5.82 Å². The van der Waals surface area contributed by atoms with Gasteiger partial charge in [0.15, 0.2) is 0 Å². The van der Waals surface area contributed by atoms with Crippen molar-refractivity contribution in [2.45, 2.75) is 44.6 Å². The summed E-state index contributed by atoms with van der Waals surface area (Å²) < 4.78 is 3.98. The SMILES string of the molecule is Cn1ccnc1-c1ccc2n(c1=O)C[C@H]1C[C@@H]2CN(CC2CCCC2)C1. The minimum absolute atomic E-state index is 0.135. The second-order valence-corrected chi connectivity index (χ2v) is 8.62. The Morgan fingerprint density at radius 3 is 2.77 bits per heavy atom. The van der Waals surface area contributed by atoms with Gasteiger partial charge in [-0.1, -0.05) is 12.8 Å². The summed E-state index contributed by atoms with van der Waals surface area (Å²) >= 11 is 0. The molecule has 3 aliphatic rings. The molecule has 2 atom stereocenters. The van der Waals surface area contributed by atoms with Crippen LogP contribution in [0.2, 0.25) is 0 Å². The number of rotatable bonds is 3. The fourth-order valence-corrected chi connectivity index (χ4v) is 5.55. The fourth-order valence-electron chi connectivity index (χ4n) is 5.55. The van der Waals surface area contributed by atoms with Crippen LogP contribution in [0.5, 0.6) is 0 Å². The number of fused-ring (bicyclic) bond motifs is 4. The molecule has 0 spiro atoms. The van der Waals surface area contributed by atoms with Gasteiger partial charge in [-0.05, 0) is 43.2 Å². The van der Waals surface area contributed by atoms with E-state index >= 15 is 0 Å². The maximum absolute atomic E-state index is 13.2. The Hall–Kier alpha value is -1.88. The number of pyridine rings is 1. The highest BCUT2D eigenvalue weighted by Crippen LogP contribution is 2.37. The molecule has 0 N–H and O–H groups in total. The Kier molecular flexibility index (Phi) is 4.00. The predicted octanol–water partition coefficient (Wildman–Crippen LogP) is 2.86. The van der Waals surface area contributed by atoms with Crippen molar-refractivity contribution in [1.82, 2.24) is 19.0 Å². The number of aromatic nitrogens is 3. The van der Waals surface area contributed by atoms with E-state index < -0.39 is 0 Å². The molecule has 26 heavy (non-hydrogen) atoms. The van der Waals surface area contributed by atoms with E-state index in [2.05, 4.69) is 20.5 Å². The molecule has 2 aromatic heterocycles. The number of piperidine rings is 1. The van der Waals surface area contributed by atoms with E-state index in [0.717, 1.165) is 36.9 Å². The van der Waals surface area contributed by atoms with Gasteiger partial charge in [-0.25, -0.2) is 4.98 Å². The molecular formula is C21H28N4O. The van der Waals surface area contributed by atoms with Crippen LogP contribution in [-0.2, 0) is 13.6 Å². The molecular weight excluding hydrogens is 324 g/mol. The fraction of sp³-hybridized carbons (Fsp3) is 0.619. The molecule has 0 amide bonds. The van der Waals surface area contributed by atoms with Crippen molar-refractivity contribution in [2.75, 3.05) is 19.6 Å². The molecule has 5 nitrogen and oxygen atoms in total. The van der Waals surface area contributed by atoms with Gasteiger partial charge in [0, 0.05) is 57.2 Å². The standard InChI is InChI=1S/C21H28N4O/c1-23-9-8-22-20(23)18-6-7-19-17-10-16(13-25(19)21(18)26)12-24(14-17)11-15-4-2-3-5-15/h6-9,15-17H,2-5,10-14H2,1H3/t16-,17+/m0/s1.